The van der Waals surface area contributed by atoms with Crippen LogP contribution in [0.1, 0.15) is 11.1 Å². The molecule has 0 saturated heterocycles. The summed E-state index contributed by atoms with van der Waals surface area (Å²) in [5.41, 5.74) is 1.75. The standard InChI is InChI=1S/C15H14O2S/c1-18(16,17)15-10-6-5-9-14(15)12-11-13-7-3-2-4-8-13/h2-12H,1H3. The highest BCUT2D eigenvalue weighted by Gasteiger charge is 2.09. The smallest absolute Gasteiger partial charge is 0.176 e. The van der Waals surface area contributed by atoms with Gasteiger partial charge < -0.3 is 0 Å². The summed E-state index contributed by atoms with van der Waals surface area (Å²) in [4.78, 5) is 0.359. The molecule has 92 valence electrons. The Labute approximate surface area is 108 Å². The second-order valence-corrected chi connectivity index (χ2v) is 6.04. The van der Waals surface area contributed by atoms with Crippen LogP contribution in [-0.4, -0.2) is 14.7 Å². The molecule has 0 fully saturated rings. The van der Waals surface area contributed by atoms with Gasteiger partial charge in [-0.05, 0) is 17.2 Å². The molecule has 2 aromatic rings. The Morgan fingerprint density at radius 3 is 2.11 bits per heavy atom. The molecule has 18 heavy (non-hydrogen) atoms. The fourth-order valence-corrected chi connectivity index (χ4v) is 2.60. The van der Waals surface area contributed by atoms with E-state index in [4.69, 9.17) is 0 Å². The molecule has 0 N–H and O–H groups in total. The summed E-state index contributed by atoms with van der Waals surface area (Å²) < 4.78 is 23.3. The Morgan fingerprint density at radius 2 is 1.44 bits per heavy atom. The van der Waals surface area contributed by atoms with Gasteiger partial charge in [-0.3, -0.25) is 0 Å². The average Bonchev–Trinajstić information content (AvgIpc) is 2.37. The molecule has 0 amide bonds. The van der Waals surface area contributed by atoms with Gasteiger partial charge in [0, 0.05) is 6.26 Å². The molecule has 0 aliphatic rings. The van der Waals surface area contributed by atoms with Gasteiger partial charge in [-0.1, -0.05) is 60.7 Å². The van der Waals surface area contributed by atoms with Crippen molar-refractivity contribution in [2.24, 2.45) is 0 Å². The molecule has 0 bridgehead atoms. The summed E-state index contributed by atoms with van der Waals surface area (Å²) in [5.74, 6) is 0. The lowest BCUT2D eigenvalue weighted by molar-refractivity contribution is 0.601. The lowest BCUT2D eigenvalue weighted by atomic mass is 10.1. The lowest BCUT2D eigenvalue weighted by Crippen LogP contribution is -1.99. The Morgan fingerprint density at radius 1 is 0.833 bits per heavy atom. The zero-order valence-corrected chi connectivity index (χ0v) is 10.9. The monoisotopic (exact) mass is 258 g/mol. The van der Waals surface area contributed by atoms with Crippen molar-refractivity contribution in [2.45, 2.75) is 4.90 Å². The van der Waals surface area contributed by atoms with Gasteiger partial charge in [0.25, 0.3) is 0 Å². The van der Waals surface area contributed by atoms with Crippen LogP contribution in [0.3, 0.4) is 0 Å². The van der Waals surface area contributed by atoms with E-state index in [9.17, 15) is 8.42 Å². The maximum atomic E-state index is 11.6. The van der Waals surface area contributed by atoms with E-state index in [1.165, 1.54) is 6.26 Å². The van der Waals surface area contributed by atoms with Crippen molar-refractivity contribution < 1.29 is 8.42 Å². The zero-order chi connectivity index (χ0) is 13.0. The molecule has 2 rings (SSSR count). The van der Waals surface area contributed by atoms with E-state index in [2.05, 4.69) is 0 Å². The van der Waals surface area contributed by atoms with E-state index >= 15 is 0 Å². The van der Waals surface area contributed by atoms with E-state index in [0.29, 0.717) is 10.5 Å². The van der Waals surface area contributed by atoms with E-state index in [1.54, 1.807) is 18.2 Å². The summed E-state index contributed by atoms with van der Waals surface area (Å²) in [7, 11) is -3.19. The van der Waals surface area contributed by atoms with Crippen LogP contribution in [0, 0.1) is 0 Å². The minimum Gasteiger partial charge on any atom is -0.224 e. The summed E-state index contributed by atoms with van der Waals surface area (Å²) >= 11 is 0. The minimum absolute atomic E-state index is 0.359. The molecular weight excluding hydrogens is 244 g/mol. The van der Waals surface area contributed by atoms with Gasteiger partial charge in [0.05, 0.1) is 4.90 Å². The highest BCUT2D eigenvalue weighted by molar-refractivity contribution is 7.90. The zero-order valence-electron chi connectivity index (χ0n) is 10.1. The fourth-order valence-electron chi connectivity index (χ4n) is 1.71. The predicted octanol–water partition coefficient (Wildman–Crippen LogP) is 3.26. The van der Waals surface area contributed by atoms with E-state index < -0.39 is 9.84 Å². The van der Waals surface area contributed by atoms with E-state index in [0.717, 1.165) is 5.56 Å². The molecule has 2 nitrogen and oxygen atoms in total. The van der Waals surface area contributed by atoms with Crippen LogP contribution >= 0.6 is 0 Å². The topological polar surface area (TPSA) is 34.1 Å². The number of rotatable bonds is 3. The van der Waals surface area contributed by atoms with Gasteiger partial charge >= 0.3 is 0 Å². The van der Waals surface area contributed by atoms with Gasteiger partial charge in [-0.15, -0.1) is 0 Å². The summed E-state index contributed by atoms with van der Waals surface area (Å²) in [6.45, 7) is 0. The molecule has 0 aliphatic carbocycles. The molecule has 0 aliphatic heterocycles. The third-order valence-corrected chi connectivity index (χ3v) is 3.74. The Balaban J connectivity index is 2.39. The first-order chi connectivity index (χ1) is 8.57. The summed E-state index contributed by atoms with van der Waals surface area (Å²) in [6.07, 6.45) is 4.96. The SMILES string of the molecule is CS(=O)(=O)c1ccccc1C=Cc1ccccc1. The van der Waals surface area contributed by atoms with Crippen LogP contribution in [-0.2, 0) is 9.84 Å². The molecule has 0 atom stereocenters. The molecule has 0 radical (unpaired) electrons. The number of sulfone groups is 1. The number of benzene rings is 2. The first kappa shape index (κ1) is 12.6. The molecular formula is C15H14O2S. The Bertz CT molecular complexity index is 656. The van der Waals surface area contributed by atoms with E-state index in [-0.39, 0.29) is 0 Å². The Hall–Kier alpha value is -1.87. The Kier molecular flexibility index (Phi) is 3.63. The fraction of sp³-hybridized carbons (Fsp3) is 0.0667. The largest absolute Gasteiger partial charge is 0.224 e. The highest BCUT2D eigenvalue weighted by Crippen LogP contribution is 2.18. The second-order valence-electron chi connectivity index (χ2n) is 4.05. The molecule has 3 heteroatoms. The summed E-state index contributed by atoms with van der Waals surface area (Å²) in [5, 5.41) is 0. The first-order valence-corrected chi connectivity index (χ1v) is 7.49. The molecule has 0 heterocycles. The quantitative estimate of drug-likeness (QED) is 0.792. The van der Waals surface area contributed by atoms with E-state index in [1.807, 2.05) is 48.6 Å². The molecule has 0 saturated carbocycles. The van der Waals surface area contributed by atoms with Crippen molar-refractivity contribution in [3.63, 3.8) is 0 Å². The van der Waals surface area contributed by atoms with Crippen molar-refractivity contribution >= 4 is 22.0 Å². The van der Waals surface area contributed by atoms with Crippen molar-refractivity contribution in [3.05, 3.63) is 65.7 Å². The third-order valence-electron chi connectivity index (χ3n) is 2.57. The van der Waals surface area contributed by atoms with Crippen molar-refractivity contribution in [1.29, 1.82) is 0 Å². The van der Waals surface area contributed by atoms with Crippen LogP contribution in [0.2, 0.25) is 0 Å². The van der Waals surface area contributed by atoms with Crippen molar-refractivity contribution in [3.8, 4) is 0 Å². The maximum Gasteiger partial charge on any atom is 0.176 e. The highest BCUT2D eigenvalue weighted by atomic mass is 32.2. The molecule has 0 unspecified atom stereocenters. The average molecular weight is 258 g/mol. The lowest BCUT2D eigenvalue weighted by Gasteiger charge is -2.02. The predicted molar refractivity (Wildman–Crippen MR) is 74.9 cm³/mol. The molecule has 0 spiro atoms. The van der Waals surface area contributed by atoms with Gasteiger partial charge in [-0.25, -0.2) is 8.42 Å². The maximum absolute atomic E-state index is 11.6. The van der Waals surface area contributed by atoms with Gasteiger partial charge in [0.2, 0.25) is 0 Å². The second kappa shape index (κ2) is 5.19. The first-order valence-electron chi connectivity index (χ1n) is 5.59. The van der Waals surface area contributed by atoms with Crippen LogP contribution in [0.25, 0.3) is 12.2 Å². The van der Waals surface area contributed by atoms with Gasteiger partial charge in [0.1, 0.15) is 0 Å². The summed E-state index contributed by atoms with van der Waals surface area (Å²) in [6, 6.07) is 16.8. The van der Waals surface area contributed by atoms with Gasteiger partial charge in [0.15, 0.2) is 9.84 Å². The van der Waals surface area contributed by atoms with Crippen LogP contribution in [0.4, 0.5) is 0 Å². The number of hydrogen-bond donors (Lipinski definition) is 0. The van der Waals surface area contributed by atoms with Crippen LogP contribution in [0.5, 0.6) is 0 Å². The van der Waals surface area contributed by atoms with Crippen LogP contribution < -0.4 is 0 Å². The van der Waals surface area contributed by atoms with Gasteiger partial charge in [-0.2, -0.15) is 0 Å². The minimum atomic E-state index is -3.19. The molecule has 0 aromatic heterocycles. The van der Waals surface area contributed by atoms with Crippen molar-refractivity contribution in [1.82, 2.24) is 0 Å². The van der Waals surface area contributed by atoms with Crippen LogP contribution in [0.15, 0.2) is 59.5 Å². The third kappa shape index (κ3) is 3.08. The normalized spacial score (nSPS) is 11.8. The molecule has 2 aromatic carbocycles. The number of hydrogen-bond acceptors (Lipinski definition) is 2. The van der Waals surface area contributed by atoms with Crippen molar-refractivity contribution in [2.75, 3.05) is 6.26 Å².